The Hall–Kier alpha value is -1.82. The minimum atomic E-state index is -0.158. The lowest BCUT2D eigenvalue weighted by molar-refractivity contribution is 0.0950. The van der Waals surface area contributed by atoms with Gasteiger partial charge in [-0.15, -0.1) is 23.1 Å². The Bertz CT molecular complexity index is 829. The fourth-order valence-corrected chi connectivity index (χ4v) is 3.41. The van der Waals surface area contributed by atoms with E-state index in [1.54, 1.807) is 11.8 Å². The summed E-state index contributed by atoms with van der Waals surface area (Å²) in [5, 5.41) is 5.93. The number of thiazole rings is 1. The molecule has 0 aliphatic carbocycles. The van der Waals surface area contributed by atoms with Crippen LogP contribution in [-0.2, 0) is 6.54 Å². The highest BCUT2D eigenvalue weighted by Gasteiger charge is 2.12. The van der Waals surface area contributed by atoms with E-state index in [2.05, 4.69) is 10.3 Å². The quantitative estimate of drug-likeness (QED) is 0.630. The summed E-state index contributed by atoms with van der Waals surface area (Å²) >= 11 is 8.92. The van der Waals surface area contributed by atoms with E-state index in [4.69, 9.17) is 11.6 Å². The molecule has 0 aliphatic rings. The number of nitrogens with zero attached hydrogens (tertiary/aromatic N) is 1. The SMILES string of the molecule is CSc1ccc(CNC(=O)c2nc(-c3ccc(Cl)cc3)cs2)cc1. The van der Waals surface area contributed by atoms with E-state index < -0.39 is 0 Å². The monoisotopic (exact) mass is 374 g/mol. The fraction of sp³-hybridized carbons (Fsp3) is 0.111. The summed E-state index contributed by atoms with van der Waals surface area (Å²) < 4.78 is 0. The van der Waals surface area contributed by atoms with E-state index in [-0.39, 0.29) is 5.91 Å². The highest BCUT2D eigenvalue weighted by molar-refractivity contribution is 7.98. The number of hydrogen-bond donors (Lipinski definition) is 1. The van der Waals surface area contributed by atoms with Crippen molar-refractivity contribution < 1.29 is 4.79 Å². The first-order valence-corrected chi connectivity index (χ1v) is 9.76. The van der Waals surface area contributed by atoms with Crippen molar-refractivity contribution in [3.63, 3.8) is 0 Å². The molecule has 3 rings (SSSR count). The summed E-state index contributed by atoms with van der Waals surface area (Å²) in [5.41, 5.74) is 2.80. The second-order valence-electron chi connectivity index (χ2n) is 5.08. The van der Waals surface area contributed by atoms with Crippen LogP contribution in [0.3, 0.4) is 0 Å². The van der Waals surface area contributed by atoms with Gasteiger partial charge in [0, 0.05) is 27.4 Å². The van der Waals surface area contributed by atoms with E-state index in [0.29, 0.717) is 16.6 Å². The first kappa shape index (κ1) is 17.0. The van der Waals surface area contributed by atoms with Gasteiger partial charge >= 0.3 is 0 Å². The van der Waals surface area contributed by atoms with Crippen LogP contribution < -0.4 is 5.32 Å². The van der Waals surface area contributed by atoms with E-state index in [1.807, 2.05) is 60.2 Å². The number of carbonyl (C=O) groups is 1. The van der Waals surface area contributed by atoms with Crippen LogP contribution in [0.5, 0.6) is 0 Å². The van der Waals surface area contributed by atoms with E-state index >= 15 is 0 Å². The Kier molecular flexibility index (Phi) is 5.56. The van der Waals surface area contributed by atoms with Crippen molar-refractivity contribution in [2.45, 2.75) is 11.4 Å². The lowest BCUT2D eigenvalue weighted by Crippen LogP contribution is -2.22. The lowest BCUT2D eigenvalue weighted by Gasteiger charge is -2.04. The Balaban J connectivity index is 1.64. The Morgan fingerprint density at radius 3 is 2.54 bits per heavy atom. The van der Waals surface area contributed by atoms with Crippen LogP contribution in [0.4, 0.5) is 0 Å². The summed E-state index contributed by atoms with van der Waals surface area (Å²) in [5.74, 6) is -0.158. The van der Waals surface area contributed by atoms with Gasteiger partial charge in [-0.1, -0.05) is 35.9 Å². The van der Waals surface area contributed by atoms with Crippen LogP contribution in [0.1, 0.15) is 15.4 Å². The number of hydrogen-bond acceptors (Lipinski definition) is 4. The average Bonchev–Trinajstić information content (AvgIpc) is 3.11. The van der Waals surface area contributed by atoms with Crippen LogP contribution in [0.2, 0.25) is 5.02 Å². The van der Waals surface area contributed by atoms with Crippen molar-refractivity contribution in [3.8, 4) is 11.3 Å². The van der Waals surface area contributed by atoms with Crippen LogP contribution in [-0.4, -0.2) is 17.1 Å². The van der Waals surface area contributed by atoms with Crippen molar-refractivity contribution in [1.29, 1.82) is 0 Å². The summed E-state index contributed by atoms with van der Waals surface area (Å²) in [6.45, 7) is 0.489. The van der Waals surface area contributed by atoms with E-state index in [0.717, 1.165) is 16.8 Å². The van der Waals surface area contributed by atoms with Gasteiger partial charge in [0.1, 0.15) is 0 Å². The number of nitrogens with one attached hydrogen (secondary N) is 1. The average molecular weight is 375 g/mol. The number of benzene rings is 2. The van der Waals surface area contributed by atoms with Gasteiger partial charge in [0.05, 0.1) is 5.69 Å². The number of amides is 1. The van der Waals surface area contributed by atoms with Crippen molar-refractivity contribution >= 4 is 40.6 Å². The molecule has 0 radical (unpaired) electrons. The molecule has 0 aliphatic heterocycles. The summed E-state index contributed by atoms with van der Waals surface area (Å²) in [7, 11) is 0. The van der Waals surface area contributed by atoms with Crippen molar-refractivity contribution in [3.05, 3.63) is 69.5 Å². The molecule has 6 heteroatoms. The highest BCUT2D eigenvalue weighted by Crippen LogP contribution is 2.23. The minimum absolute atomic E-state index is 0.158. The third-order valence-electron chi connectivity index (χ3n) is 3.45. The molecule has 1 aromatic heterocycles. The predicted molar refractivity (Wildman–Crippen MR) is 102 cm³/mol. The standard InChI is InChI=1S/C18H15ClN2OS2/c1-23-15-8-2-12(3-9-15)10-20-17(22)18-21-16(11-24-18)13-4-6-14(19)7-5-13/h2-9,11H,10H2,1H3,(H,20,22). The molecule has 0 bridgehead atoms. The molecule has 1 amide bonds. The molecule has 0 saturated heterocycles. The normalized spacial score (nSPS) is 10.6. The predicted octanol–water partition coefficient (Wildman–Crippen LogP) is 5.12. The minimum Gasteiger partial charge on any atom is -0.346 e. The molecule has 24 heavy (non-hydrogen) atoms. The van der Waals surface area contributed by atoms with Gasteiger partial charge < -0.3 is 5.32 Å². The summed E-state index contributed by atoms with van der Waals surface area (Å²) in [6, 6.07) is 15.6. The maximum absolute atomic E-state index is 12.3. The first-order valence-electron chi connectivity index (χ1n) is 7.28. The molecule has 3 aromatic rings. The van der Waals surface area contributed by atoms with Crippen LogP contribution >= 0.6 is 34.7 Å². The maximum Gasteiger partial charge on any atom is 0.280 e. The van der Waals surface area contributed by atoms with Crippen LogP contribution in [0.25, 0.3) is 11.3 Å². The molecule has 1 N–H and O–H groups in total. The second-order valence-corrected chi connectivity index (χ2v) is 7.25. The highest BCUT2D eigenvalue weighted by atomic mass is 35.5. The molecule has 0 saturated carbocycles. The van der Waals surface area contributed by atoms with Gasteiger partial charge in [-0.05, 0) is 36.1 Å². The Labute approximate surface area is 154 Å². The lowest BCUT2D eigenvalue weighted by atomic mass is 10.2. The molecule has 0 atom stereocenters. The zero-order chi connectivity index (χ0) is 16.9. The fourth-order valence-electron chi connectivity index (χ4n) is 2.13. The molecule has 2 aromatic carbocycles. The first-order chi connectivity index (χ1) is 11.7. The molecule has 1 heterocycles. The van der Waals surface area contributed by atoms with Crippen molar-refractivity contribution in [2.75, 3.05) is 6.26 Å². The zero-order valence-electron chi connectivity index (χ0n) is 13.0. The number of carbonyl (C=O) groups excluding carboxylic acids is 1. The van der Waals surface area contributed by atoms with Gasteiger partial charge in [-0.2, -0.15) is 0 Å². The van der Waals surface area contributed by atoms with Crippen LogP contribution in [0, 0.1) is 0 Å². The van der Waals surface area contributed by atoms with E-state index in [1.165, 1.54) is 16.2 Å². The summed E-state index contributed by atoms with van der Waals surface area (Å²) in [6.07, 6.45) is 2.04. The van der Waals surface area contributed by atoms with Gasteiger partial charge in [-0.3, -0.25) is 4.79 Å². The molecular formula is C18H15ClN2OS2. The Morgan fingerprint density at radius 2 is 1.88 bits per heavy atom. The molecular weight excluding hydrogens is 360 g/mol. The third-order valence-corrected chi connectivity index (χ3v) is 5.29. The van der Waals surface area contributed by atoms with Crippen molar-refractivity contribution in [2.24, 2.45) is 0 Å². The van der Waals surface area contributed by atoms with Gasteiger partial charge in [0.25, 0.3) is 5.91 Å². The molecule has 0 unspecified atom stereocenters. The Morgan fingerprint density at radius 1 is 1.17 bits per heavy atom. The van der Waals surface area contributed by atoms with Gasteiger partial charge in [0.2, 0.25) is 0 Å². The number of thioether (sulfide) groups is 1. The van der Waals surface area contributed by atoms with Gasteiger partial charge in [0.15, 0.2) is 5.01 Å². The topological polar surface area (TPSA) is 42.0 Å². The van der Waals surface area contributed by atoms with E-state index in [9.17, 15) is 4.79 Å². The smallest absolute Gasteiger partial charge is 0.280 e. The maximum atomic E-state index is 12.3. The third kappa shape index (κ3) is 4.17. The molecule has 122 valence electrons. The summed E-state index contributed by atoms with van der Waals surface area (Å²) in [4.78, 5) is 17.9. The largest absolute Gasteiger partial charge is 0.346 e. The molecule has 3 nitrogen and oxygen atoms in total. The van der Waals surface area contributed by atoms with Crippen molar-refractivity contribution in [1.82, 2.24) is 10.3 Å². The van der Waals surface area contributed by atoms with Gasteiger partial charge in [-0.25, -0.2) is 4.98 Å². The second kappa shape index (κ2) is 7.83. The number of rotatable bonds is 5. The number of aromatic nitrogens is 1. The zero-order valence-corrected chi connectivity index (χ0v) is 15.3. The molecule has 0 spiro atoms. The molecule has 0 fully saturated rings. The van der Waals surface area contributed by atoms with Crippen LogP contribution in [0.15, 0.2) is 58.8 Å². The number of halogens is 1.